The minimum atomic E-state index is 0.373. The standard InChI is InChI=1S/C16H12N2/c17-10-11-18-15-9-5-4-8-14(15)12-16(18)13-6-2-1-3-7-13/h1-9,12H,11H2. The molecule has 0 atom stereocenters. The summed E-state index contributed by atoms with van der Waals surface area (Å²) < 4.78 is 2.06. The maximum Gasteiger partial charge on any atom is 0.110 e. The van der Waals surface area contributed by atoms with E-state index in [-0.39, 0.29) is 0 Å². The number of benzene rings is 2. The number of nitrogens with zero attached hydrogens (tertiary/aromatic N) is 2. The van der Waals surface area contributed by atoms with Crippen molar-refractivity contribution < 1.29 is 0 Å². The zero-order valence-corrected chi connectivity index (χ0v) is 9.88. The van der Waals surface area contributed by atoms with Crippen molar-refractivity contribution in [2.75, 3.05) is 0 Å². The van der Waals surface area contributed by atoms with Gasteiger partial charge in [0.2, 0.25) is 0 Å². The van der Waals surface area contributed by atoms with Gasteiger partial charge in [-0.15, -0.1) is 0 Å². The van der Waals surface area contributed by atoms with E-state index in [2.05, 4.69) is 41.0 Å². The first-order chi connectivity index (χ1) is 8.90. The Bertz CT molecular complexity index is 718. The van der Waals surface area contributed by atoms with Crippen LogP contribution in [0.15, 0.2) is 60.7 Å². The van der Waals surface area contributed by atoms with E-state index in [4.69, 9.17) is 5.26 Å². The fourth-order valence-corrected chi connectivity index (χ4v) is 2.30. The Kier molecular flexibility index (Phi) is 2.59. The van der Waals surface area contributed by atoms with Gasteiger partial charge >= 0.3 is 0 Å². The number of nitriles is 1. The third-order valence-electron chi connectivity index (χ3n) is 3.11. The number of aromatic nitrogens is 1. The molecular formula is C16H12N2. The van der Waals surface area contributed by atoms with Gasteiger partial charge in [0.05, 0.1) is 11.8 Å². The van der Waals surface area contributed by atoms with E-state index in [9.17, 15) is 0 Å². The molecule has 0 spiro atoms. The molecule has 2 heteroatoms. The van der Waals surface area contributed by atoms with Crippen LogP contribution in [-0.2, 0) is 6.54 Å². The van der Waals surface area contributed by atoms with Gasteiger partial charge in [-0.2, -0.15) is 5.26 Å². The molecule has 0 aliphatic rings. The van der Waals surface area contributed by atoms with Crippen molar-refractivity contribution in [3.05, 3.63) is 60.7 Å². The molecular weight excluding hydrogens is 220 g/mol. The lowest BCUT2D eigenvalue weighted by atomic mass is 10.1. The first kappa shape index (κ1) is 10.6. The van der Waals surface area contributed by atoms with Crippen LogP contribution in [0.5, 0.6) is 0 Å². The van der Waals surface area contributed by atoms with Crippen molar-refractivity contribution >= 4 is 10.9 Å². The zero-order valence-electron chi connectivity index (χ0n) is 9.88. The highest BCUT2D eigenvalue weighted by Gasteiger charge is 2.09. The zero-order chi connectivity index (χ0) is 12.4. The van der Waals surface area contributed by atoms with E-state index in [1.807, 2.05) is 30.3 Å². The molecule has 0 N–H and O–H groups in total. The average Bonchev–Trinajstić information content (AvgIpc) is 2.80. The van der Waals surface area contributed by atoms with Crippen LogP contribution in [0.25, 0.3) is 22.2 Å². The monoisotopic (exact) mass is 232 g/mol. The van der Waals surface area contributed by atoms with Crippen molar-refractivity contribution in [1.29, 1.82) is 5.26 Å². The van der Waals surface area contributed by atoms with Crippen LogP contribution in [0, 0.1) is 11.3 Å². The average molecular weight is 232 g/mol. The predicted octanol–water partition coefficient (Wildman–Crippen LogP) is 3.83. The van der Waals surface area contributed by atoms with Gasteiger partial charge in [-0.1, -0.05) is 48.5 Å². The molecule has 1 heterocycles. The lowest BCUT2D eigenvalue weighted by molar-refractivity contribution is 0.883. The lowest BCUT2D eigenvalue weighted by Crippen LogP contribution is -1.97. The lowest BCUT2D eigenvalue weighted by Gasteiger charge is -2.06. The first-order valence-corrected chi connectivity index (χ1v) is 5.91. The first-order valence-electron chi connectivity index (χ1n) is 5.91. The molecule has 3 aromatic rings. The van der Waals surface area contributed by atoms with E-state index in [0.29, 0.717) is 6.54 Å². The van der Waals surface area contributed by atoms with Crippen LogP contribution in [0.2, 0.25) is 0 Å². The molecule has 86 valence electrons. The van der Waals surface area contributed by atoms with Gasteiger partial charge in [0, 0.05) is 10.9 Å². The maximum atomic E-state index is 9.00. The quantitative estimate of drug-likeness (QED) is 0.660. The Hall–Kier alpha value is -2.53. The van der Waals surface area contributed by atoms with Crippen LogP contribution >= 0.6 is 0 Å². The topological polar surface area (TPSA) is 28.7 Å². The van der Waals surface area contributed by atoms with Crippen LogP contribution in [-0.4, -0.2) is 4.57 Å². The van der Waals surface area contributed by atoms with Gasteiger partial charge in [0.15, 0.2) is 0 Å². The normalized spacial score (nSPS) is 10.4. The summed E-state index contributed by atoms with van der Waals surface area (Å²) in [6, 6.07) is 22.7. The second-order valence-electron chi connectivity index (χ2n) is 4.20. The van der Waals surface area contributed by atoms with Crippen LogP contribution in [0.4, 0.5) is 0 Å². The van der Waals surface area contributed by atoms with Crippen molar-refractivity contribution in [2.24, 2.45) is 0 Å². The SMILES string of the molecule is N#CCn1c(-c2ccccc2)cc2ccccc21. The Labute approximate surface area is 106 Å². The molecule has 0 amide bonds. The van der Waals surface area contributed by atoms with Gasteiger partial charge in [-0.05, 0) is 17.7 Å². The number of hydrogen-bond acceptors (Lipinski definition) is 1. The van der Waals surface area contributed by atoms with E-state index >= 15 is 0 Å². The second-order valence-corrected chi connectivity index (χ2v) is 4.20. The summed E-state index contributed by atoms with van der Waals surface area (Å²) in [5.74, 6) is 0. The second kappa shape index (κ2) is 4.38. The van der Waals surface area contributed by atoms with Gasteiger partial charge in [-0.25, -0.2) is 0 Å². The Morgan fingerprint density at radius 3 is 2.44 bits per heavy atom. The molecule has 1 aromatic heterocycles. The summed E-state index contributed by atoms with van der Waals surface area (Å²) in [6.07, 6.45) is 0. The van der Waals surface area contributed by atoms with Crippen molar-refractivity contribution in [3.63, 3.8) is 0 Å². The number of hydrogen-bond donors (Lipinski definition) is 0. The molecule has 0 aliphatic heterocycles. The predicted molar refractivity (Wildman–Crippen MR) is 73.0 cm³/mol. The van der Waals surface area contributed by atoms with E-state index < -0.39 is 0 Å². The molecule has 0 bridgehead atoms. The number of fused-ring (bicyclic) bond motifs is 1. The Balaban J connectivity index is 2.29. The molecule has 0 fully saturated rings. The van der Waals surface area contributed by atoms with Crippen LogP contribution < -0.4 is 0 Å². The summed E-state index contributed by atoms with van der Waals surface area (Å²) >= 11 is 0. The third kappa shape index (κ3) is 1.66. The minimum absolute atomic E-state index is 0.373. The summed E-state index contributed by atoms with van der Waals surface area (Å²) in [6.45, 7) is 0.373. The van der Waals surface area contributed by atoms with Gasteiger partial charge < -0.3 is 4.57 Å². The van der Waals surface area contributed by atoms with E-state index in [1.165, 1.54) is 5.39 Å². The van der Waals surface area contributed by atoms with E-state index in [0.717, 1.165) is 16.8 Å². The third-order valence-corrected chi connectivity index (χ3v) is 3.11. The molecule has 0 saturated heterocycles. The van der Waals surface area contributed by atoms with Gasteiger partial charge in [-0.3, -0.25) is 0 Å². The summed E-state index contributed by atoms with van der Waals surface area (Å²) in [4.78, 5) is 0. The molecule has 0 saturated carbocycles. The van der Waals surface area contributed by atoms with Crippen molar-refractivity contribution in [1.82, 2.24) is 4.57 Å². The Morgan fingerprint density at radius 1 is 0.944 bits per heavy atom. The highest BCUT2D eigenvalue weighted by molar-refractivity contribution is 5.87. The molecule has 0 radical (unpaired) electrons. The largest absolute Gasteiger partial charge is 0.327 e. The van der Waals surface area contributed by atoms with Gasteiger partial charge in [0.25, 0.3) is 0 Å². The van der Waals surface area contributed by atoms with Crippen molar-refractivity contribution in [3.8, 4) is 17.3 Å². The summed E-state index contributed by atoms with van der Waals surface area (Å²) in [5, 5.41) is 10.2. The molecule has 2 aromatic carbocycles. The van der Waals surface area contributed by atoms with Crippen LogP contribution in [0.1, 0.15) is 0 Å². The number of rotatable bonds is 2. The Morgan fingerprint density at radius 2 is 1.67 bits per heavy atom. The summed E-state index contributed by atoms with van der Waals surface area (Å²) in [5.41, 5.74) is 3.35. The fourth-order valence-electron chi connectivity index (χ4n) is 2.30. The molecule has 0 aliphatic carbocycles. The number of para-hydroxylation sites is 1. The minimum Gasteiger partial charge on any atom is -0.327 e. The maximum absolute atomic E-state index is 9.00. The molecule has 3 rings (SSSR count). The van der Waals surface area contributed by atoms with Crippen molar-refractivity contribution in [2.45, 2.75) is 6.54 Å². The smallest absolute Gasteiger partial charge is 0.110 e. The molecule has 0 unspecified atom stereocenters. The van der Waals surface area contributed by atoms with Crippen LogP contribution in [0.3, 0.4) is 0 Å². The van der Waals surface area contributed by atoms with Gasteiger partial charge in [0.1, 0.15) is 6.54 Å². The highest BCUT2D eigenvalue weighted by atomic mass is 15.0. The highest BCUT2D eigenvalue weighted by Crippen LogP contribution is 2.27. The molecule has 18 heavy (non-hydrogen) atoms. The van der Waals surface area contributed by atoms with E-state index in [1.54, 1.807) is 0 Å². The molecule has 2 nitrogen and oxygen atoms in total. The fraction of sp³-hybridized carbons (Fsp3) is 0.0625. The summed E-state index contributed by atoms with van der Waals surface area (Å²) in [7, 11) is 0.